The van der Waals surface area contributed by atoms with E-state index in [1.807, 2.05) is 36.4 Å². The maximum absolute atomic E-state index is 13.0. The van der Waals surface area contributed by atoms with Gasteiger partial charge in [0.15, 0.2) is 18.3 Å². The number of benzene rings is 2. The number of esters is 2. The van der Waals surface area contributed by atoms with Crippen LogP contribution in [0.2, 0.25) is 5.04 Å². The van der Waals surface area contributed by atoms with E-state index < -0.39 is 43.4 Å². The van der Waals surface area contributed by atoms with E-state index in [-0.39, 0.29) is 17.6 Å². The third kappa shape index (κ3) is 7.00. The average molecular weight is 553 g/mol. The molecular weight excluding hydrogens is 508 g/mol. The van der Waals surface area contributed by atoms with Crippen molar-refractivity contribution in [3.8, 4) is 0 Å². The molecule has 6 nitrogen and oxygen atoms in total. The standard InChI is InChI=1S/C32H44O6Si/c1-30(2,3)28(33)37-25-20-21-35-26(27(25)38-29(34)31(4,5)6)22-36-39(32(7,8)9,23-16-12-10-13-17-23)24-18-14-11-15-19-24/h10-21,25-27H,22H2,1-9H3/t25-,26-,27+/m1/s1. The summed E-state index contributed by atoms with van der Waals surface area (Å²) in [4.78, 5) is 25.9. The van der Waals surface area contributed by atoms with Crippen LogP contribution in [0.25, 0.3) is 0 Å². The van der Waals surface area contributed by atoms with Gasteiger partial charge < -0.3 is 18.6 Å². The number of hydrogen-bond donors (Lipinski definition) is 0. The number of carbonyl (C=O) groups is 2. The Morgan fingerprint density at radius 3 is 1.64 bits per heavy atom. The van der Waals surface area contributed by atoms with Crippen LogP contribution in [-0.4, -0.2) is 45.2 Å². The molecule has 39 heavy (non-hydrogen) atoms. The Labute approximate surface area is 234 Å². The van der Waals surface area contributed by atoms with Crippen LogP contribution >= 0.6 is 0 Å². The van der Waals surface area contributed by atoms with Crippen LogP contribution in [0.4, 0.5) is 0 Å². The molecule has 7 heteroatoms. The monoisotopic (exact) mass is 552 g/mol. The summed E-state index contributed by atoms with van der Waals surface area (Å²) in [7, 11) is -2.88. The molecule has 0 aromatic heterocycles. The number of carbonyl (C=O) groups excluding carboxylic acids is 2. The van der Waals surface area contributed by atoms with Gasteiger partial charge in [0.1, 0.15) is 0 Å². The Balaban J connectivity index is 2.02. The molecule has 0 spiro atoms. The van der Waals surface area contributed by atoms with Crippen LogP contribution in [0.1, 0.15) is 62.3 Å². The van der Waals surface area contributed by atoms with E-state index in [1.165, 1.54) is 6.26 Å². The first-order valence-electron chi connectivity index (χ1n) is 13.6. The zero-order valence-corrected chi connectivity index (χ0v) is 25.8. The van der Waals surface area contributed by atoms with Crippen molar-refractivity contribution in [2.75, 3.05) is 6.61 Å². The number of rotatable bonds is 7. The molecule has 1 aliphatic heterocycles. The zero-order chi connectivity index (χ0) is 29.1. The third-order valence-corrected chi connectivity index (χ3v) is 11.8. The SMILES string of the molecule is CC(C)(C)C(=O)O[C@H]1[C@H](OC(=O)C(C)(C)C)C=CO[C@@H]1CO[Si](c1ccccc1)(c1ccccc1)C(C)(C)C. The summed E-state index contributed by atoms with van der Waals surface area (Å²) in [5.41, 5.74) is -1.46. The van der Waals surface area contributed by atoms with Crippen molar-refractivity contribution < 1.29 is 28.2 Å². The lowest BCUT2D eigenvalue weighted by molar-refractivity contribution is -0.187. The molecular formula is C32H44O6Si. The average Bonchev–Trinajstić information content (AvgIpc) is 2.85. The van der Waals surface area contributed by atoms with E-state index in [0.717, 1.165) is 10.4 Å². The van der Waals surface area contributed by atoms with Crippen molar-refractivity contribution in [2.24, 2.45) is 10.8 Å². The minimum atomic E-state index is -2.88. The van der Waals surface area contributed by atoms with E-state index >= 15 is 0 Å². The molecule has 0 aliphatic carbocycles. The minimum Gasteiger partial charge on any atom is -0.492 e. The molecule has 0 unspecified atom stereocenters. The van der Waals surface area contributed by atoms with Crippen molar-refractivity contribution in [2.45, 2.75) is 85.7 Å². The molecule has 0 radical (unpaired) electrons. The summed E-state index contributed by atoms with van der Waals surface area (Å²) in [6, 6.07) is 20.6. The van der Waals surface area contributed by atoms with Crippen LogP contribution in [0.15, 0.2) is 73.0 Å². The molecule has 3 atom stereocenters. The molecule has 3 rings (SSSR count). The third-order valence-electron chi connectivity index (χ3n) is 6.80. The van der Waals surface area contributed by atoms with E-state index in [2.05, 4.69) is 45.0 Å². The summed E-state index contributed by atoms with van der Waals surface area (Å²) in [5.74, 6) is -0.791. The first-order valence-corrected chi connectivity index (χ1v) is 15.5. The summed E-state index contributed by atoms with van der Waals surface area (Å²) >= 11 is 0. The Morgan fingerprint density at radius 1 is 0.744 bits per heavy atom. The Kier molecular flexibility index (Phi) is 9.18. The van der Waals surface area contributed by atoms with Gasteiger partial charge in [0, 0.05) is 0 Å². The second kappa shape index (κ2) is 11.7. The van der Waals surface area contributed by atoms with Gasteiger partial charge in [-0.05, 0) is 63.0 Å². The maximum Gasteiger partial charge on any atom is 0.311 e. The zero-order valence-electron chi connectivity index (χ0n) is 24.8. The molecule has 0 amide bonds. The maximum atomic E-state index is 13.0. The van der Waals surface area contributed by atoms with Gasteiger partial charge in [0.2, 0.25) is 0 Å². The van der Waals surface area contributed by atoms with E-state index in [1.54, 1.807) is 47.6 Å². The van der Waals surface area contributed by atoms with Gasteiger partial charge in [-0.2, -0.15) is 0 Å². The van der Waals surface area contributed by atoms with Crippen LogP contribution in [0, 0.1) is 10.8 Å². The molecule has 0 fully saturated rings. The van der Waals surface area contributed by atoms with Crippen LogP contribution in [-0.2, 0) is 28.2 Å². The lowest BCUT2D eigenvalue weighted by Crippen LogP contribution is -2.67. The first-order chi connectivity index (χ1) is 18.1. The fourth-order valence-corrected chi connectivity index (χ4v) is 9.14. The molecule has 0 saturated carbocycles. The van der Waals surface area contributed by atoms with Crippen molar-refractivity contribution in [1.29, 1.82) is 0 Å². The highest BCUT2D eigenvalue weighted by Gasteiger charge is 2.51. The Bertz CT molecular complexity index is 1100. The van der Waals surface area contributed by atoms with Crippen LogP contribution in [0.3, 0.4) is 0 Å². The normalized spacial score (nSPS) is 20.2. The molecule has 1 aliphatic rings. The highest BCUT2D eigenvalue weighted by molar-refractivity contribution is 6.99. The van der Waals surface area contributed by atoms with E-state index in [9.17, 15) is 9.59 Å². The predicted octanol–water partition coefficient (Wildman–Crippen LogP) is 5.39. The van der Waals surface area contributed by atoms with Gasteiger partial charge in [0.25, 0.3) is 8.32 Å². The summed E-state index contributed by atoms with van der Waals surface area (Å²) < 4.78 is 25.0. The number of ether oxygens (including phenoxy) is 3. The minimum absolute atomic E-state index is 0.142. The highest BCUT2D eigenvalue weighted by atomic mass is 28.4. The van der Waals surface area contributed by atoms with E-state index in [0.29, 0.717) is 0 Å². The topological polar surface area (TPSA) is 71.1 Å². The van der Waals surface area contributed by atoms with Crippen molar-refractivity contribution >= 4 is 30.6 Å². The number of hydrogen-bond acceptors (Lipinski definition) is 6. The van der Waals surface area contributed by atoms with Gasteiger partial charge >= 0.3 is 11.9 Å². The smallest absolute Gasteiger partial charge is 0.311 e. The van der Waals surface area contributed by atoms with Crippen LogP contribution in [0.5, 0.6) is 0 Å². The van der Waals surface area contributed by atoms with Crippen LogP contribution < -0.4 is 10.4 Å². The fourth-order valence-electron chi connectivity index (χ4n) is 4.58. The predicted molar refractivity (Wildman–Crippen MR) is 156 cm³/mol. The molecule has 2 aromatic rings. The van der Waals surface area contributed by atoms with Gasteiger partial charge in [-0.1, -0.05) is 81.4 Å². The van der Waals surface area contributed by atoms with Gasteiger partial charge in [-0.3, -0.25) is 9.59 Å². The molecule has 0 saturated heterocycles. The van der Waals surface area contributed by atoms with Gasteiger partial charge in [0.05, 0.1) is 23.7 Å². The lowest BCUT2D eigenvalue weighted by atomic mass is 9.96. The van der Waals surface area contributed by atoms with Crippen molar-refractivity contribution in [1.82, 2.24) is 0 Å². The molecule has 0 N–H and O–H groups in total. The molecule has 1 heterocycles. The second-order valence-electron chi connectivity index (χ2n) is 13.2. The quantitative estimate of drug-likeness (QED) is 0.339. The molecule has 2 aromatic carbocycles. The lowest BCUT2D eigenvalue weighted by Gasteiger charge is -2.44. The Morgan fingerprint density at radius 2 is 1.21 bits per heavy atom. The summed E-state index contributed by atoms with van der Waals surface area (Å²) in [6.07, 6.45) is 0.793. The van der Waals surface area contributed by atoms with Gasteiger partial charge in [-0.25, -0.2) is 0 Å². The first kappa shape index (κ1) is 30.6. The molecule has 0 bridgehead atoms. The fraction of sp³-hybridized carbons (Fsp3) is 0.500. The second-order valence-corrected chi connectivity index (χ2v) is 17.5. The van der Waals surface area contributed by atoms with Crippen molar-refractivity contribution in [3.05, 3.63) is 73.0 Å². The van der Waals surface area contributed by atoms with E-state index in [4.69, 9.17) is 18.6 Å². The van der Waals surface area contributed by atoms with Crippen molar-refractivity contribution in [3.63, 3.8) is 0 Å². The summed E-state index contributed by atoms with van der Waals surface area (Å²) in [6.45, 7) is 17.5. The molecule has 212 valence electrons. The Hall–Kier alpha value is -2.90. The van der Waals surface area contributed by atoms with Gasteiger partial charge in [-0.15, -0.1) is 0 Å². The summed E-state index contributed by atoms with van der Waals surface area (Å²) in [5, 5.41) is 2.03. The largest absolute Gasteiger partial charge is 0.492 e. The highest BCUT2D eigenvalue weighted by Crippen LogP contribution is 2.37.